The molecule has 0 aliphatic rings. The minimum atomic E-state index is -0.927. The van der Waals surface area contributed by atoms with Crippen LogP contribution in [-0.2, 0) is 28.7 Å². The van der Waals surface area contributed by atoms with Gasteiger partial charge in [-0.05, 0) is 27.7 Å². The fraction of sp³-hybridized carbons (Fsp3) is 0.722. The highest BCUT2D eigenvalue weighted by atomic mass is 32.2. The smallest absolute Gasteiger partial charge is 0.314 e. The van der Waals surface area contributed by atoms with E-state index in [-0.39, 0.29) is 29.6 Å². The lowest BCUT2D eigenvalue weighted by Gasteiger charge is -2.26. The summed E-state index contributed by atoms with van der Waals surface area (Å²) in [4.78, 5) is 61.4. The normalized spacial score (nSPS) is 11.9. The first-order valence-corrected chi connectivity index (χ1v) is 10.00. The highest BCUT2D eigenvalue weighted by molar-refractivity contribution is 8.15. The number of ketones is 1. The van der Waals surface area contributed by atoms with Gasteiger partial charge in [0, 0.05) is 24.8 Å². The minimum absolute atomic E-state index is 0.0857. The number of rotatable bonds is 11. The van der Waals surface area contributed by atoms with Gasteiger partial charge >= 0.3 is 5.97 Å². The van der Waals surface area contributed by atoms with Gasteiger partial charge in [-0.1, -0.05) is 25.6 Å². The van der Waals surface area contributed by atoms with E-state index in [9.17, 15) is 24.0 Å². The molecule has 154 valence electrons. The molecule has 0 saturated heterocycles. The van der Waals surface area contributed by atoms with Crippen LogP contribution in [0.2, 0.25) is 0 Å². The van der Waals surface area contributed by atoms with Crippen molar-refractivity contribution < 1.29 is 28.7 Å². The summed E-state index contributed by atoms with van der Waals surface area (Å²) in [6.45, 7) is 11.2. The first-order valence-electron chi connectivity index (χ1n) is 9.01. The van der Waals surface area contributed by atoms with E-state index >= 15 is 0 Å². The third kappa shape index (κ3) is 9.55. The Kier molecular flexibility index (Phi) is 11.6. The van der Waals surface area contributed by atoms with Gasteiger partial charge in [0.25, 0.3) is 5.12 Å². The van der Waals surface area contributed by atoms with E-state index in [1.807, 2.05) is 13.8 Å². The van der Waals surface area contributed by atoms with Crippen LogP contribution in [0.4, 0.5) is 0 Å². The van der Waals surface area contributed by atoms with Gasteiger partial charge in [0.05, 0.1) is 6.10 Å². The number of Topliss-reactive ketones (excluding diaryl/α,β-unsaturated/α-hetero) is 1. The van der Waals surface area contributed by atoms with Crippen molar-refractivity contribution in [1.82, 2.24) is 10.2 Å². The number of nitrogens with one attached hydrogen (secondary N) is 1. The fourth-order valence-corrected chi connectivity index (χ4v) is 2.79. The van der Waals surface area contributed by atoms with Crippen LogP contribution < -0.4 is 5.32 Å². The maximum absolute atomic E-state index is 12.6. The van der Waals surface area contributed by atoms with Gasteiger partial charge in [0.2, 0.25) is 17.6 Å². The lowest BCUT2D eigenvalue weighted by molar-refractivity contribution is -0.150. The first-order chi connectivity index (χ1) is 12.5. The molecule has 0 bridgehead atoms. The Balaban J connectivity index is 4.93. The van der Waals surface area contributed by atoms with Crippen molar-refractivity contribution in [3.8, 4) is 0 Å². The minimum Gasteiger partial charge on any atom is -0.463 e. The van der Waals surface area contributed by atoms with Crippen molar-refractivity contribution in [3.05, 3.63) is 0 Å². The predicted molar refractivity (Wildman–Crippen MR) is 103 cm³/mol. The Morgan fingerprint density at radius 2 is 1.56 bits per heavy atom. The van der Waals surface area contributed by atoms with E-state index in [0.717, 1.165) is 0 Å². The number of ether oxygens (including phenoxy) is 1. The van der Waals surface area contributed by atoms with Crippen molar-refractivity contribution in [1.29, 1.82) is 0 Å². The molecule has 0 aliphatic heterocycles. The molecule has 0 saturated carbocycles. The van der Waals surface area contributed by atoms with Crippen LogP contribution in [0.15, 0.2) is 0 Å². The number of nitrogens with zero attached hydrogens (tertiary/aromatic N) is 1. The van der Waals surface area contributed by atoms with Crippen molar-refractivity contribution >= 4 is 40.4 Å². The van der Waals surface area contributed by atoms with Gasteiger partial charge in [0.1, 0.15) is 12.5 Å². The summed E-state index contributed by atoms with van der Waals surface area (Å²) in [5.74, 6) is -2.72. The van der Waals surface area contributed by atoms with E-state index in [1.54, 1.807) is 27.7 Å². The third-order valence-corrected chi connectivity index (χ3v) is 4.48. The molecule has 0 aliphatic carbocycles. The van der Waals surface area contributed by atoms with E-state index in [1.165, 1.54) is 4.90 Å². The van der Waals surface area contributed by atoms with Gasteiger partial charge in [0.15, 0.2) is 0 Å². The quantitative estimate of drug-likeness (QED) is 0.314. The Morgan fingerprint density at radius 1 is 1.00 bits per heavy atom. The predicted octanol–water partition coefficient (Wildman–Crippen LogP) is 1.17. The van der Waals surface area contributed by atoms with Gasteiger partial charge in [-0.25, -0.2) is 0 Å². The van der Waals surface area contributed by atoms with Crippen molar-refractivity contribution in [2.75, 3.05) is 18.8 Å². The van der Waals surface area contributed by atoms with Crippen LogP contribution in [0.5, 0.6) is 0 Å². The number of carbonyl (C=O) groups is 5. The van der Waals surface area contributed by atoms with E-state index in [4.69, 9.17) is 4.74 Å². The zero-order valence-corrected chi connectivity index (χ0v) is 17.7. The lowest BCUT2D eigenvalue weighted by Crippen LogP contribution is -2.51. The number of esters is 1. The van der Waals surface area contributed by atoms with Gasteiger partial charge in [-0.2, -0.15) is 0 Å². The summed E-state index contributed by atoms with van der Waals surface area (Å²) in [5, 5.41) is 1.78. The molecule has 0 radical (unpaired) electrons. The Morgan fingerprint density at radius 3 is 2.00 bits per heavy atom. The molecule has 0 aromatic carbocycles. The molecule has 0 aromatic rings. The topological polar surface area (TPSA) is 110 Å². The molecular formula is C18H30N2O6S. The van der Waals surface area contributed by atoms with Gasteiger partial charge < -0.3 is 15.0 Å². The number of carbonyl (C=O) groups excluding carboxylic acids is 5. The number of hydrogen-bond donors (Lipinski definition) is 1. The fourth-order valence-electron chi connectivity index (χ4n) is 2.02. The first kappa shape index (κ1) is 25.1. The Hall–Kier alpha value is -1.90. The summed E-state index contributed by atoms with van der Waals surface area (Å²) in [6.07, 6.45) is -1.02. The Labute approximate surface area is 164 Å². The average molecular weight is 403 g/mol. The maximum Gasteiger partial charge on any atom is 0.314 e. The molecule has 0 spiro atoms. The zero-order chi connectivity index (χ0) is 21.1. The molecule has 1 atom stereocenters. The van der Waals surface area contributed by atoms with Crippen molar-refractivity contribution in [2.24, 2.45) is 5.92 Å². The van der Waals surface area contributed by atoms with Crippen LogP contribution in [-0.4, -0.2) is 64.6 Å². The van der Waals surface area contributed by atoms with E-state index in [0.29, 0.717) is 24.9 Å². The zero-order valence-electron chi connectivity index (χ0n) is 16.9. The second-order valence-electron chi connectivity index (χ2n) is 6.46. The van der Waals surface area contributed by atoms with Crippen molar-refractivity contribution in [3.63, 3.8) is 0 Å². The maximum atomic E-state index is 12.6. The van der Waals surface area contributed by atoms with Gasteiger partial charge in [-0.15, -0.1) is 0 Å². The van der Waals surface area contributed by atoms with Gasteiger partial charge in [-0.3, -0.25) is 24.0 Å². The van der Waals surface area contributed by atoms with Crippen LogP contribution >= 0.6 is 11.8 Å². The average Bonchev–Trinajstić information content (AvgIpc) is 2.57. The van der Waals surface area contributed by atoms with Crippen molar-refractivity contribution in [2.45, 2.75) is 60.1 Å². The highest BCUT2D eigenvalue weighted by Gasteiger charge is 2.28. The molecule has 1 N–H and O–H groups in total. The lowest BCUT2D eigenvalue weighted by atomic mass is 10.2. The SMILES string of the molecule is CCN(CC)C(=O)C(CSC(=O)C(=O)CC(=O)OC(C)C)NC(=O)C(C)C. The summed E-state index contributed by atoms with van der Waals surface area (Å²) in [5.41, 5.74) is 0. The van der Waals surface area contributed by atoms with Crippen LogP contribution in [0.3, 0.4) is 0 Å². The highest BCUT2D eigenvalue weighted by Crippen LogP contribution is 2.11. The molecule has 0 rings (SSSR count). The van der Waals surface area contributed by atoms with Crippen LogP contribution in [0.25, 0.3) is 0 Å². The molecule has 0 fully saturated rings. The molecule has 8 nitrogen and oxygen atoms in total. The summed E-state index contributed by atoms with van der Waals surface area (Å²) >= 11 is 0.615. The molecule has 9 heteroatoms. The standard InChI is InChI=1S/C18H30N2O6S/c1-7-20(8-2)17(24)13(19-16(23)11(3)4)10-27-18(25)14(21)9-15(22)26-12(5)6/h11-13H,7-10H2,1-6H3,(H,19,23). The summed E-state index contributed by atoms with van der Waals surface area (Å²) < 4.78 is 4.84. The monoisotopic (exact) mass is 402 g/mol. The molecule has 0 aromatic heterocycles. The largest absolute Gasteiger partial charge is 0.463 e. The molecule has 27 heavy (non-hydrogen) atoms. The van der Waals surface area contributed by atoms with Crippen LogP contribution in [0, 0.1) is 5.92 Å². The molecule has 2 amide bonds. The third-order valence-electron chi connectivity index (χ3n) is 3.49. The number of hydrogen-bond acceptors (Lipinski definition) is 7. The van der Waals surface area contributed by atoms with E-state index < -0.39 is 29.3 Å². The summed E-state index contributed by atoms with van der Waals surface area (Å²) in [6, 6.07) is -0.927. The molecule has 1 unspecified atom stereocenters. The molecular weight excluding hydrogens is 372 g/mol. The van der Waals surface area contributed by atoms with E-state index in [2.05, 4.69) is 5.32 Å². The number of thioether (sulfide) groups is 1. The number of amides is 2. The second-order valence-corrected chi connectivity index (χ2v) is 7.46. The van der Waals surface area contributed by atoms with Crippen LogP contribution in [0.1, 0.15) is 48.0 Å². The summed E-state index contributed by atoms with van der Waals surface area (Å²) in [7, 11) is 0. The Bertz CT molecular complexity index is 558. The molecule has 0 heterocycles. The second kappa shape index (κ2) is 12.5. The number of likely N-dealkylation sites (N-methyl/N-ethyl adjacent to an activating group) is 1.